The molecule has 2 aromatic rings. The molecule has 3 nitrogen and oxygen atoms in total. The molecule has 0 aliphatic heterocycles. The summed E-state index contributed by atoms with van der Waals surface area (Å²) in [7, 11) is 1.32. The van der Waals surface area contributed by atoms with Crippen LogP contribution in [0.1, 0.15) is 16.8 Å². The van der Waals surface area contributed by atoms with E-state index in [4.69, 9.17) is 0 Å². The summed E-state index contributed by atoms with van der Waals surface area (Å²) in [5.74, 6) is 0. The van der Waals surface area contributed by atoms with Gasteiger partial charge in [0, 0.05) is 12.4 Å². The normalized spacial score (nSPS) is 11.7. The molecule has 0 amide bonds. The fourth-order valence-corrected chi connectivity index (χ4v) is 2.40. The zero-order valence-corrected chi connectivity index (χ0v) is 10.6. The Bertz CT molecular complexity index is 707. The Labute approximate surface area is 107 Å². The summed E-state index contributed by atoms with van der Waals surface area (Å²) in [6, 6.07) is 3.45. The average molecular weight is 268 g/mol. The van der Waals surface area contributed by atoms with Crippen LogP contribution in [0.25, 0.3) is 10.9 Å². The third-order valence-corrected chi connectivity index (χ3v) is 3.15. The van der Waals surface area contributed by atoms with Gasteiger partial charge >= 0.3 is 6.18 Å². The van der Waals surface area contributed by atoms with Crippen molar-refractivity contribution in [2.45, 2.75) is 20.0 Å². The molecule has 6 heteroatoms. The Kier molecular flexibility index (Phi) is 2.98. The average Bonchev–Trinajstić information content (AvgIpc) is 2.58. The SMILES string of the molecule is Cc1ccc(C)c2c1c(N=C=O)c(C(F)(F)F)n2C. The number of halogens is 3. The second-order valence-corrected chi connectivity index (χ2v) is 4.38. The first kappa shape index (κ1) is 13.4. The van der Waals surface area contributed by atoms with E-state index < -0.39 is 11.9 Å². The molecule has 1 heterocycles. The maximum Gasteiger partial charge on any atom is 0.433 e. The number of isocyanates is 1. The minimum absolute atomic E-state index is 0.346. The topological polar surface area (TPSA) is 34.4 Å². The molecule has 100 valence electrons. The molecule has 0 bridgehead atoms. The maximum atomic E-state index is 13.1. The molecular formula is C13H11F3N2O. The van der Waals surface area contributed by atoms with E-state index in [-0.39, 0.29) is 5.69 Å². The van der Waals surface area contributed by atoms with Gasteiger partial charge in [-0.25, -0.2) is 4.79 Å². The van der Waals surface area contributed by atoms with Gasteiger partial charge in [0.2, 0.25) is 6.08 Å². The van der Waals surface area contributed by atoms with E-state index >= 15 is 0 Å². The van der Waals surface area contributed by atoms with Gasteiger partial charge in [0.05, 0.1) is 5.52 Å². The summed E-state index contributed by atoms with van der Waals surface area (Å²) < 4.78 is 40.4. The van der Waals surface area contributed by atoms with Gasteiger partial charge < -0.3 is 4.57 Å². The van der Waals surface area contributed by atoms with Crippen molar-refractivity contribution < 1.29 is 18.0 Å². The first-order chi connectivity index (χ1) is 8.79. The van der Waals surface area contributed by atoms with Gasteiger partial charge in [-0.15, -0.1) is 0 Å². The van der Waals surface area contributed by atoms with Crippen LogP contribution in [-0.2, 0) is 18.0 Å². The molecule has 19 heavy (non-hydrogen) atoms. The Morgan fingerprint density at radius 1 is 1.21 bits per heavy atom. The summed E-state index contributed by atoms with van der Waals surface area (Å²) in [5.41, 5.74) is 0.479. The second kappa shape index (κ2) is 4.24. The van der Waals surface area contributed by atoms with Gasteiger partial charge in [-0.2, -0.15) is 18.2 Å². The monoisotopic (exact) mass is 268 g/mol. The highest BCUT2D eigenvalue weighted by atomic mass is 19.4. The first-order valence-electron chi connectivity index (χ1n) is 5.52. The van der Waals surface area contributed by atoms with E-state index in [1.54, 1.807) is 26.0 Å². The zero-order chi connectivity index (χ0) is 14.4. The Morgan fingerprint density at radius 2 is 1.79 bits per heavy atom. The van der Waals surface area contributed by atoms with Crippen LogP contribution < -0.4 is 0 Å². The summed E-state index contributed by atoms with van der Waals surface area (Å²) in [4.78, 5) is 13.7. The minimum Gasteiger partial charge on any atom is -0.338 e. The van der Waals surface area contributed by atoms with Crippen LogP contribution in [0.3, 0.4) is 0 Å². The Hall–Kier alpha value is -2.07. The van der Waals surface area contributed by atoms with Crippen LogP contribution in [-0.4, -0.2) is 10.6 Å². The smallest absolute Gasteiger partial charge is 0.338 e. The molecule has 0 saturated carbocycles. The molecule has 0 saturated heterocycles. The molecule has 0 spiro atoms. The Morgan fingerprint density at radius 3 is 2.32 bits per heavy atom. The second-order valence-electron chi connectivity index (χ2n) is 4.38. The molecular weight excluding hydrogens is 257 g/mol. The lowest BCUT2D eigenvalue weighted by Gasteiger charge is -2.09. The highest BCUT2D eigenvalue weighted by Crippen LogP contribution is 2.44. The van der Waals surface area contributed by atoms with Crippen LogP contribution in [0, 0.1) is 13.8 Å². The highest BCUT2D eigenvalue weighted by molar-refractivity contribution is 5.98. The fraction of sp³-hybridized carbons (Fsp3) is 0.308. The number of alkyl halides is 3. The molecule has 0 N–H and O–H groups in total. The van der Waals surface area contributed by atoms with Crippen molar-refractivity contribution >= 4 is 22.7 Å². The third kappa shape index (κ3) is 1.94. The van der Waals surface area contributed by atoms with Crippen molar-refractivity contribution in [2.24, 2.45) is 12.0 Å². The molecule has 1 aromatic heterocycles. The van der Waals surface area contributed by atoms with Crippen molar-refractivity contribution in [3.8, 4) is 0 Å². The predicted molar refractivity (Wildman–Crippen MR) is 65.2 cm³/mol. The van der Waals surface area contributed by atoms with Crippen molar-refractivity contribution in [2.75, 3.05) is 0 Å². The van der Waals surface area contributed by atoms with Gasteiger partial charge in [-0.1, -0.05) is 12.1 Å². The number of aliphatic imine (C=N–C) groups is 1. The van der Waals surface area contributed by atoms with E-state index in [9.17, 15) is 18.0 Å². The van der Waals surface area contributed by atoms with E-state index in [0.717, 1.165) is 4.57 Å². The number of aromatic nitrogens is 1. The maximum absolute atomic E-state index is 13.1. The van der Waals surface area contributed by atoms with Gasteiger partial charge in [-0.05, 0) is 25.0 Å². The van der Waals surface area contributed by atoms with Crippen LogP contribution in [0.5, 0.6) is 0 Å². The Balaban J connectivity index is 3.09. The van der Waals surface area contributed by atoms with Gasteiger partial charge in [-0.3, -0.25) is 0 Å². The van der Waals surface area contributed by atoms with Gasteiger partial charge in [0.1, 0.15) is 5.69 Å². The van der Waals surface area contributed by atoms with Gasteiger partial charge in [0.25, 0.3) is 0 Å². The van der Waals surface area contributed by atoms with E-state index in [2.05, 4.69) is 4.99 Å². The molecule has 0 aliphatic carbocycles. The largest absolute Gasteiger partial charge is 0.433 e. The molecule has 1 aromatic carbocycles. The number of hydrogen-bond donors (Lipinski definition) is 0. The zero-order valence-electron chi connectivity index (χ0n) is 10.6. The van der Waals surface area contributed by atoms with E-state index in [0.29, 0.717) is 22.0 Å². The summed E-state index contributed by atoms with van der Waals surface area (Å²) in [6.45, 7) is 3.40. The van der Waals surface area contributed by atoms with E-state index in [1.165, 1.54) is 13.1 Å². The highest BCUT2D eigenvalue weighted by Gasteiger charge is 2.39. The molecule has 0 aliphatic rings. The summed E-state index contributed by atoms with van der Waals surface area (Å²) >= 11 is 0. The lowest BCUT2D eigenvalue weighted by molar-refractivity contribution is -0.142. The number of hydrogen-bond acceptors (Lipinski definition) is 2. The van der Waals surface area contributed by atoms with Crippen LogP contribution in [0.2, 0.25) is 0 Å². The number of nitrogens with zero attached hydrogens (tertiary/aromatic N) is 2. The lowest BCUT2D eigenvalue weighted by Crippen LogP contribution is -2.11. The van der Waals surface area contributed by atoms with Crippen molar-refractivity contribution in [3.63, 3.8) is 0 Å². The molecule has 0 fully saturated rings. The number of benzene rings is 1. The number of carbonyl (C=O) groups excluding carboxylic acids is 1. The summed E-state index contributed by atoms with van der Waals surface area (Å²) in [6.07, 6.45) is -3.37. The fourth-order valence-electron chi connectivity index (χ4n) is 2.40. The van der Waals surface area contributed by atoms with Crippen molar-refractivity contribution in [1.82, 2.24) is 4.57 Å². The van der Waals surface area contributed by atoms with E-state index in [1.807, 2.05) is 0 Å². The van der Waals surface area contributed by atoms with Crippen molar-refractivity contribution in [1.29, 1.82) is 0 Å². The number of fused-ring (bicyclic) bond motifs is 1. The van der Waals surface area contributed by atoms with Crippen LogP contribution in [0.4, 0.5) is 18.9 Å². The van der Waals surface area contributed by atoms with Crippen molar-refractivity contribution in [3.05, 3.63) is 29.0 Å². The van der Waals surface area contributed by atoms with Gasteiger partial charge in [0.15, 0.2) is 5.69 Å². The van der Waals surface area contributed by atoms with Crippen LogP contribution >= 0.6 is 0 Å². The predicted octanol–water partition coefficient (Wildman–Crippen LogP) is 3.78. The number of rotatable bonds is 1. The minimum atomic E-state index is -4.58. The molecule has 0 radical (unpaired) electrons. The molecule has 0 atom stereocenters. The first-order valence-corrected chi connectivity index (χ1v) is 5.52. The summed E-state index contributed by atoms with van der Waals surface area (Å²) in [5, 5.41) is 0.346. The van der Waals surface area contributed by atoms with Crippen LogP contribution in [0.15, 0.2) is 17.1 Å². The number of aryl methyl sites for hydroxylation is 3. The lowest BCUT2D eigenvalue weighted by atomic mass is 10.1. The molecule has 0 unspecified atom stereocenters. The standard InChI is InChI=1S/C13H11F3N2O/c1-7-4-5-8(2)11-9(7)10(17-6-19)12(18(11)3)13(14,15)16/h4-5H,1-3H3. The quantitative estimate of drug-likeness (QED) is 0.572. The molecule has 2 rings (SSSR count). The third-order valence-electron chi connectivity index (χ3n) is 3.15.